The standard InChI is InChI=1S/C9H8ClN3O/c1-14-9-5-2-3-6(11)7(10)8(5)12-4-13-9/h2-4H,11H2,1H3. The Morgan fingerprint density at radius 2 is 2.14 bits per heavy atom. The highest BCUT2D eigenvalue weighted by Gasteiger charge is 2.08. The summed E-state index contributed by atoms with van der Waals surface area (Å²) < 4.78 is 5.07. The summed E-state index contributed by atoms with van der Waals surface area (Å²) in [7, 11) is 1.55. The molecule has 2 N–H and O–H groups in total. The number of methoxy groups -OCH3 is 1. The van der Waals surface area contributed by atoms with E-state index in [9.17, 15) is 0 Å². The Kier molecular flexibility index (Phi) is 2.13. The van der Waals surface area contributed by atoms with E-state index in [0.717, 1.165) is 5.39 Å². The van der Waals surface area contributed by atoms with Gasteiger partial charge in [0.2, 0.25) is 5.88 Å². The third-order valence-corrected chi connectivity index (χ3v) is 2.33. The van der Waals surface area contributed by atoms with Gasteiger partial charge < -0.3 is 10.5 Å². The topological polar surface area (TPSA) is 61.0 Å². The van der Waals surface area contributed by atoms with Crippen molar-refractivity contribution in [2.75, 3.05) is 12.8 Å². The lowest BCUT2D eigenvalue weighted by Crippen LogP contribution is -1.93. The molecule has 0 bridgehead atoms. The maximum Gasteiger partial charge on any atom is 0.224 e. The molecule has 0 atom stereocenters. The molecule has 0 saturated heterocycles. The number of halogens is 1. The fraction of sp³-hybridized carbons (Fsp3) is 0.111. The van der Waals surface area contributed by atoms with E-state index in [-0.39, 0.29) is 0 Å². The van der Waals surface area contributed by atoms with E-state index in [1.165, 1.54) is 6.33 Å². The summed E-state index contributed by atoms with van der Waals surface area (Å²) in [4.78, 5) is 8.01. The van der Waals surface area contributed by atoms with Gasteiger partial charge in [0.15, 0.2) is 0 Å². The van der Waals surface area contributed by atoms with Gasteiger partial charge in [-0.25, -0.2) is 9.97 Å². The molecule has 14 heavy (non-hydrogen) atoms. The monoisotopic (exact) mass is 209 g/mol. The zero-order chi connectivity index (χ0) is 10.1. The van der Waals surface area contributed by atoms with Crippen LogP contribution in [0.5, 0.6) is 5.88 Å². The molecule has 0 unspecified atom stereocenters. The van der Waals surface area contributed by atoms with Gasteiger partial charge >= 0.3 is 0 Å². The fourth-order valence-electron chi connectivity index (χ4n) is 1.25. The van der Waals surface area contributed by atoms with Crippen LogP contribution in [0.3, 0.4) is 0 Å². The lowest BCUT2D eigenvalue weighted by atomic mass is 10.2. The van der Waals surface area contributed by atoms with Gasteiger partial charge in [0.1, 0.15) is 6.33 Å². The number of rotatable bonds is 1. The minimum absolute atomic E-state index is 0.434. The van der Waals surface area contributed by atoms with Crippen LogP contribution in [0.4, 0.5) is 5.69 Å². The van der Waals surface area contributed by atoms with E-state index >= 15 is 0 Å². The van der Waals surface area contributed by atoms with Crippen molar-refractivity contribution in [3.63, 3.8) is 0 Å². The number of hydrogen-bond donors (Lipinski definition) is 1. The van der Waals surface area contributed by atoms with Crippen molar-refractivity contribution in [1.82, 2.24) is 9.97 Å². The van der Waals surface area contributed by atoms with Gasteiger partial charge in [-0.3, -0.25) is 0 Å². The van der Waals surface area contributed by atoms with Gasteiger partial charge in [-0.2, -0.15) is 0 Å². The van der Waals surface area contributed by atoms with E-state index < -0.39 is 0 Å². The highest BCUT2D eigenvalue weighted by molar-refractivity contribution is 6.37. The van der Waals surface area contributed by atoms with Gasteiger partial charge in [-0.05, 0) is 12.1 Å². The lowest BCUT2D eigenvalue weighted by Gasteiger charge is -2.05. The van der Waals surface area contributed by atoms with E-state index in [1.54, 1.807) is 19.2 Å². The molecule has 0 spiro atoms. The summed E-state index contributed by atoms with van der Waals surface area (Å²) in [6.07, 6.45) is 1.40. The van der Waals surface area contributed by atoms with Crippen LogP contribution in [-0.4, -0.2) is 17.1 Å². The zero-order valence-corrected chi connectivity index (χ0v) is 8.25. The van der Waals surface area contributed by atoms with Crippen molar-refractivity contribution < 1.29 is 4.74 Å². The van der Waals surface area contributed by atoms with Crippen LogP contribution < -0.4 is 10.5 Å². The quantitative estimate of drug-likeness (QED) is 0.729. The van der Waals surface area contributed by atoms with Crippen molar-refractivity contribution >= 4 is 28.2 Å². The van der Waals surface area contributed by atoms with Crippen molar-refractivity contribution in [2.24, 2.45) is 0 Å². The molecule has 0 aliphatic carbocycles. The predicted octanol–water partition coefficient (Wildman–Crippen LogP) is 1.87. The summed E-state index contributed by atoms with van der Waals surface area (Å²) in [5, 5.41) is 1.19. The van der Waals surface area contributed by atoms with Crippen molar-refractivity contribution in [2.45, 2.75) is 0 Å². The molecular weight excluding hydrogens is 202 g/mol. The Hall–Kier alpha value is -1.55. The molecule has 1 aromatic heterocycles. The summed E-state index contributed by atoms with van der Waals surface area (Å²) in [6, 6.07) is 3.49. The van der Waals surface area contributed by atoms with Crippen LogP contribution in [-0.2, 0) is 0 Å². The van der Waals surface area contributed by atoms with Gasteiger partial charge in [-0.1, -0.05) is 11.6 Å². The number of benzene rings is 1. The number of fused-ring (bicyclic) bond motifs is 1. The van der Waals surface area contributed by atoms with E-state index in [0.29, 0.717) is 22.1 Å². The number of nitrogen functional groups attached to an aromatic ring is 1. The zero-order valence-electron chi connectivity index (χ0n) is 7.49. The van der Waals surface area contributed by atoms with Gasteiger partial charge in [0.25, 0.3) is 0 Å². The summed E-state index contributed by atoms with van der Waals surface area (Å²) in [6.45, 7) is 0. The molecular formula is C9H8ClN3O. The van der Waals surface area contributed by atoms with Crippen LogP contribution >= 0.6 is 11.6 Å². The Bertz CT molecular complexity index is 487. The smallest absolute Gasteiger partial charge is 0.224 e. The van der Waals surface area contributed by atoms with Crippen LogP contribution in [0.1, 0.15) is 0 Å². The first kappa shape index (κ1) is 9.02. The van der Waals surface area contributed by atoms with E-state index in [4.69, 9.17) is 22.1 Å². The van der Waals surface area contributed by atoms with Crippen molar-refractivity contribution in [3.05, 3.63) is 23.5 Å². The minimum Gasteiger partial charge on any atom is -0.480 e. The van der Waals surface area contributed by atoms with Gasteiger partial charge in [0.05, 0.1) is 28.7 Å². The normalized spacial score (nSPS) is 10.4. The number of aromatic nitrogens is 2. The Morgan fingerprint density at radius 3 is 2.86 bits per heavy atom. The highest BCUT2D eigenvalue weighted by atomic mass is 35.5. The number of nitrogens with two attached hydrogens (primary N) is 1. The molecule has 0 radical (unpaired) electrons. The largest absolute Gasteiger partial charge is 0.480 e. The first-order valence-electron chi connectivity index (χ1n) is 3.96. The second-order valence-electron chi connectivity index (χ2n) is 2.75. The Morgan fingerprint density at radius 1 is 1.36 bits per heavy atom. The number of ether oxygens (including phenoxy) is 1. The number of anilines is 1. The number of hydrogen-bond acceptors (Lipinski definition) is 4. The average molecular weight is 210 g/mol. The SMILES string of the molecule is COc1ncnc2c(Cl)c(N)ccc12. The number of nitrogens with zero attached hydrogens (tertiary/aromatic N) is 2. The molecule has 4 nitrogen and oxygen atoms in total. The van der Waals surface area contributed by atoms with Crippen LogP contribution in [0.15, 0.2) is 18.5 Å². The maximum absolute atomic E-state index is 5.98. The Labute approximate surface area is 85.7 Å². The Balaban J connectivity index is 2.86. The van der Waals surface area contributed by atoms with Crippen molar-refractivity contribution in [3.8, 4) is 5.88 Å². The lowest BCUT2D eigenvalue weighted by molar-refractivity contribution is 0.402. The summed E-state index contributed by atoms with van der Waals surface area (Å²) in [5.74, 6) is 0.497. The first-order valence-corrected chi connectivity index (χ1v) is 4.34. The average Bonchev–Trinajstić information content (AvgIpc) is 2.23. The molecule has 0 aliphatic rings. The molecule has 2 aromatic rings. The minimum atomic E-state index is 0.434. The molecule has 0 amide bonds. The molecule has 0 saturated carbocycles. The summed E-state index contributed by atoms with van der Waals surface area (Å²) in [5.41, 5.74) is 6.75. The maximum atomic E-state index is 5.98. The fourth-order valence-corrected chi connectivity index (χ4v) is 1.46. The predicted molar refractivity (Wildman–Crippen MR) is 55.5 cm³/mol. The molecule has 2 rings (SSSR count). The van der Waals surface area contributed by atoms with Gasteiger partial charge in [-0.15, -0.1) is 0 Å². The second kappa shape index (κ2) is 3.31. The molecule has 0 aliphatic heterocycles. The van der Waals surface area contributed by atoms with Crippen LogP contribution in [0, 0.1) is 0 Å². The van der Waals surface area contributed by atoms with E-state index in [2.05, 4.69) is 9.97 Å². The third-order valence-electron chi connectivity index (χ3n) is 1.93. The third kappa shape index (κ3) is 1.24. The van der Waals surface area contributed by atoms with E-state index in [1.807, 2.05) is 0 Å². The van der Waals surface area contributed by atoms with Crippen molar-refractivity contribution in [1.29, 1.82) is 0 Å². The first-order chi connectivity index (χ1) is 6.74. The second-order valence-corrected chi connectivity index (χ2v) is 3.13. The molecule has 5 heteroatoms. The van der Waals surface area contributed by atoms with Gasteiger partial charge in [0, 0.05) is 0 Å². The molecule has 1 heterocycles. The highest BCUT2D eigenvalue weighted by Crippen LogP contribution is 2.30. The van der Waals surface area contributed by atoms with Crippen LogP contribution in [0.2, 0.25) is 5.02 Å². The summed E-state index contributed by atoms with van der Waals surface area (Å²) >= 11 is 5.98. The molecule has 72 valence electrons. The molecule has 0 fully saturated rings. The van der Waals surface area contributed by atoms with Crippen LogP contribution in [0.25, 0.3) is 10.9 Å². The molecule has 1 aromatic carbocycles.